The molecule has 0 saturated carbocycles. The number of hydrogen-bond acceptors (Lipinski definition) is 6. The van der Waals surface area contributed by atoms with Crippen LogP contribution in [0.2, 0.25) is 0 Å². The third-order valence-electron chi connectivity index (χ3n) is 1.03. The molecule has 6 nitrogen and oxygen atoms in total. The molecule has 0 unspecified atom stereocenters. The summed E-state index contributed by atoms with van der Waals surface area (Å²) in [5.74, 6) is 0. The molecule has 0 heterocycles. The van der Waals surface area contributed by atoms with E-state index in [1.165, 1.54) is 0 Å². The molecule has 0 fully saturated rings. The summed E-state index contributed by atoms with van der Waals surface area (Å²) in [6, 6.07) is 0. The van der Waals surface area contributed by atoms with Crippen molar-refractivity contribution in [1.29, 1.82) is 0 Å². The van der Waals surface area contributed by atoms with E-state index < -0.39 is 27.0 Å². The fourth-order valence-electron chi connectivity index (χ4n) is 0.424. The molecule has 0 bridgehead atoms. The third-order valence-corrected chi connectivity index (χ3v) is 3.57. The van der Waals surface area contributed by atoms with E-state index in [4.69, 9.17) is 0 Å². The van der Waals surface area contributed by atoms with Gasteiger partial charge in [0, 0.05) is 0 Å². The van der Waals surface area contributed by atoms with Crippen molar-refractivity contribution < 1.29 is 28.7 Å². The first-order valence-corrected chi connectivity index (χ1v) is 6.00. The minimum absolute atomic E-state index is 0.892. The largest absolute Gasteiger partial charge is 0.811 e. The zero-order chi connectivity index (χ0) is 9.28. The summed E-state index contributed by atoms with van der Waals surface area (Å²) in [6.07, 6.45) is -1.13. The van der Waals surface area contributed by atoms with Gasteiger partial charge in [0.25, 0.3) is 0 Å². The predicted molar refractivity (Wildman–Crippen MR) is 29.5 cm³/mol. The molecular formula is C3H6O6P2-4. The molecule has 0 aliphatic carbocycles. The zero-order valence-corrected chi connectivity index (χ0v) is 7.42. The van der Waals surface area contributed by atoms with Crippen LogP contribution in [0, 0.1) is 0 Å². The molecule has 0 N–H and O–H groups in total. The van der Waals surface area contributed by atoms with Crippen molar-refractivity contribution in [3.05, 3.63) is 0 Å². The summed E-state index contributed by atoms with van der Waals surface area (Å²) in [7, 11) is -9.82. The van der Waals surface area contributed by atoms with E-state index in [2.05, 4.69) is 0 Å². The second kappa shape index (κ2) is 3.35. The van der Waals surface area contributed by atoms with Crippen molar-refractivity contribution in [2.24, 2.45) is 0 Å². The maximum Gasteiger partial charge on any atom is -0.0116 e. The Kier molecular flexibility index (Phi) is 3.44. The standard InChI is InChI=1S/C3H10O6P2/c1-3(11(7,8)9)2-10(4,5)6/h3H,2H2,1H3,(H2,4,5,6)(H2,7,8,9)/p-4/t3-/m1/s1. The Balaban J connectivity index is 4.22. The van der Waals surface area contributed by atoms with Gasteiger partial charge < -0.3 is 28.7 Å². The molecule has 0 rings (SSSR count). The second-order valence-electron chi connectivity index (χ2n) is 2.18. The summed E-state index contributed by atoms with van der Waals surface area (Å²) in [5.41, 5.74) is -1.64. The first-order valence-electron chi connectivity index (χ1n) is 2.66. The van der Waals surface area contributed by atoms with Gasteiger partial charge in [-0.25, -0.2) is 0 Å². The number of hydrogen-bond donors (Lipinski definition) is 0. The molecule has 11 heavy (non-hydrogen) atoms. The van der Waals surface area contributed by atoms with Crippen molar-refractivity contribution >= 4 is 15.2 Å². The quantitative estimate of drug-likeness (QED) is 0.453. The monoisotopic (exact) mass is 200 g/mol. The molecule has 0 aliphatic rings. The van der Waals surface area contributed by atoms with Crippen molar-refractivity contribution in [3.63, 3.8) is 0 Å². The molecule has 1 atom stereocenters. The van der Waals surface area contributed by atoms with Crippen molar-refractivity contribution in [2.75, 3.05) is 6.16 Å². The third kappa shape index (κ3) is 5.56. The van der Waals surface area contributed by atoms with Crippen LogP contribution in [-0.2, 0) is 9.13 Å². The molecule has 8 heteroatoms. The van der Waals surface area contributed by atoms with Crippen LogP contribution in [0.15, 0.2) is 0 Å². The van der Waals surface area contributed by atoms with Crippen LogP contribution in [0.4, 0.5) is 0 Å². The summed E-state index contributed by atoms with van der Waals surface area (Å²) < 4.78 is 20.0. The normalized spacial score (nSPS) is 16.5. The minimum atomic E-state index is -4.93. The SMILES string of the molecule is C[C@H](CP(=O)([O-])[O-])P(=O)([O-])[O-]. The van der Waals surface area contributed by atoms with Gasteiger partial charge >= 0.3 is 0 Å². The van der Waals surface area contributed by atoms with Gasteiger partial charge in [0.1, 0.15) is 0 Å². The molecule has 0 aromatic carbocycles. The Labute approximate surface area is 63.6 Å². The van der Waals surface area contributed by atoms with Gasteiger partial charge in [-0.05, 0) is 11.8 Å². The molecule has 0 amide bonds. The van der Waals surface area contributed by atoms with E-state index in [-0.39, 0.29) is 0 Å². The maximum absolute atomic E-state index is 10.1. The van der Waals surface area contributed by atoms with E-state index in [9.17, 15) is 28.7 Å². The van der Waals surface area contributed by atoms with E-state index >= 15 is 0 Å². The fourth-order valence-corrected chi connectivity index (χ4v) is 2.47. The highest BCUT2D eigenvalue weighted by atomic mass is 31.2. The van der Waals surface area contributed by atoms with Gasteiger partial charge in [-0.2, -0.15) is 0 Å². The first-order chi connectivity index (χ1) is 4.63. The predicted octanol–water partition coefficient (Wildman–Crippen LogP) is -2.80. The molecule has 0 aliphatic heterocycles. The maximum atomic E-state index is 10.1. The number of rotatable bonds is 3. The smallest absolute Gasteiger partial charge is 0.0116 e. The van der Waals surface area contributed by atoms with Gasteiger partial charge in [-0.3, -0.25) is 0 Å². The lowest BCUT2D eigenvalue weighted by Gasteiger charge is -2.41. The van der Waals surface area contributed by atoms with Gasteiger partial charge in [0.15, 0.2) is 0 Å². The zero-order valence-electron chi connectivity index (χ0n) is 5.63. The first kappa shape index (κ1) is 11.3. The fraction of sp³-hybridized carbons (Fsp3) is 1.00. The molecule has 0 saturated heterocycles. The lowest BCUT2D eigenvalue weighted by Crippen LogP contribution is -2.30. The Morgan fingerprint density at radius 1 is 1.18 bits per heavy atom. The molecule has 0 aromatic heterocycles. The Morgan fingerprint density at radius 3 is 1.64 bits per heavy atom. The van der Waals surface area contributed by atoms with Crippen molar-refractivity contribution in [1.82, 2.24) is 0 Å². The highest BCUT2D eigenvalue weighted by Crippen LogP contribution is 2.38. The lowest BCUT2D eigenvalue weighted by atomic mass is 10.6. The topological polar surface area (TPSA) is 126 Å². The average Bonchev–Trinajstić information content (AvgIpc) is 1.56. The molecule has 0 radical (unpaired) electrons. The summed E-state index contributed by atoms with van der Waals surface area (Å²) in [5, 5.41) is 0. The lowest BCUT2D eigenvalue weighted by molar-refractivity contribution is -0.322. The van der Waals surface area contributed by atoms with Gasteiger partial charge in [-0.1, -0.05) is 22.1 Å². The minimum Gasteiger partial charge on any atom is -0.811 e. The van der Waals surface area contributed by atoms with Crippen molar-refractivity contribution in [3.8, 4) is 0 Å². The van der Waals surface area contributed by atoms with Crippen LogP contribution in [0.3, 0.4) is 0 Å². The Bertz CT molecular complexity index is 212. The highest BCUT2D eigenvalue weighted by Gasteiger charge is 2.07. The highest BCUT2D eigenvalue weighted by molar-refractivity contribution is 7.53. The summed E-state index contributed by atoms with van der Waals surface area (Å²) in [4.78, 5) is 40.1. The Hall–Kier alpha value is 0.300. The van der Waals surface area contributed by atoms with E-state index in [1.807, 2.05) is 0 Å². The van der Waals surface area contributed by atoms with Gasteiger partial charge in [0.2, 0.25) is 0 Å². The van der Waals surface area contributed by atoms with E-state index in [0.29, 0.717) is 0 Å². The molecule has 68 valence electrons. The van der Waals surface area contributed by atoms with Crippen LogP contribution in [-0.4, -0.2) is 11.8 Å². The molecule has 0 spiro atoms. The molecular weight excluding hydrogens is 194 g/mol. The van der Waals surface area contributed by atoms with Crippen LogP contribution in [0.1, 0.15) is 6.92 Å². The van der Waals surface area contributed by atoms with Crippen LogP contribution in [0.5, 0.6) is 0 Å². The van der Waals surface area contributed by atoms with Crippen LogP contribution in [0.25, 0.3) is 0 Å². The van der Waals surface area contributed by atoms with E-state index in [1.54, 1.807) is 0 Å². The van der Waals surface area contributed by atoms with Crippen LogP contribution >= 0.6 is 15.2 Å². The summed E-state index contributed by atoms with van der Waals surface area (Å²) in [6.45, 7) is 0.892. The Morgan fingerprint density at radius 2 is 1.55 bits per heavy atom. The average molecular weight is 200 g/mol. The van der Waals surface area contributed by atoms with Gasteiger partial charge in [0.05, 0.1) is 0 Å². The van der Waals surface area contributed by atoms with Crippen molar-refractivity contribution in [2.45, 2.75) is 12.6 Å². The van der Waals surface area contributed by atoms with E-state index in [0.717, 1.165) is 6.92 Å². The van der Waals surface area contributed by atoms with Gasteiger partial charge in [-0.15, -0.1) is 0 Å². The van der Waals surface area contributed by atoms with Crippen LogP contribution < -0.4 is 19.6 Å². The molecule has 0 aromatic rings. The summed E-state index contributed by atoms with van der Waals surface area (Å²) >= 11 is 0. The second-order valence-corrected chi connectivity index (χ2v) is 5.73.